The molecule has 1 aliphatic rings. The third-order valence-electron chi connectivity index (χ3n) is 3.15. The van der Waals surface area contributed by atoms with Crippen molar-refractivity contribution >= 4 is 11.6 Å². The lowest BCUT2D eigenvalue weighted by atomic mass is 9.92. The summed E-state index contributed by atoms with van der Waals surface area (Å²) >= 11 is 6.08. The van der Waals surface area contributed by atoms with Crippen LogP contribution in [0.25, 0.3) is 0 Å². The second kappa shape index (κ2) is 4.47. The van der Waals surface area contributed by atoms with Crippen LogP contribution in [0.5, 0.6) is 0 Å². The van der Waals surface area contributed by atoms with Gasteiger partial charge in [-0.1, -0.05) is 23.7 Å². The first-order valence-electron chi connectivity index (χ1n) is 5.77. The average molecular weight is 245 g/mol. The fourth-order valence-electron chi connectivity index (χ4n) is 2.33. The molecule has 0 bridgehead atoms. The van der Waals surface area contributed by atoms with E-state index in [0.717, 1.165) is 23.7 Å². The smallest absolute Gasteiger partial charge is 0.0754 e. The molecule has 0 saturated carbocycles. The zero-order valence-electron chi connectivity index (χ0n) is 9.36. The van der Waals surface area contributed by atoms with Gasteiger partial charge in [-0.25, -0.2) is 0 Å². The molecule has 0 saturated heterocycles. The lowest BCUT2D eigenvalue weighted by Crippen LogP contribution is -2.31. The largest absolute Gasteiger partial charge is 0.305 e. The van der Waals surface area contributed by atoms with E-state index < -0.39 is 0 Å². The van der Waals surface area contributed by atoms with Crippen LogP contribution in [-0.2, 0) is 6.42 Å². The maximum atomic E-state index is 6.08. The molecular formula is C14H13ClN2. The predicted molar refractivity (Wildman–Crippen MR) is 69.2 cm³/mol. The van der Waals surface area contributed by atoms with Crippen molar-refractivity contribution < 1.29 is 0 Å². The first-order chi connectivity index (χ1) is 8.34. The minimum Gasteiger partial charge on any atom is -0.305 e. The number of rotatable bonds is 1. The molecule has 1 unspecified atom stereocenters. The lowest BCUT2D eigenvalue weighted by Gasteiger charge is -2.26. The Kier molecular flexibility index (Phi) is 2.83. The summed E-state index contributed by atoms with van der Waals surface area (Å²) in [6, 6.07) is 12.3. The van der Waals surface area contributed by atoms with E-state index in [9.17, 15) is 0 Å². The number of hydrogen-bond acceptors (Lipinski definition) is 2. The van der Waals surface area contributed by atoms with Crippen LogP contribution in [-0.4, -0.2) is 11.5 Å². The first kappa shape index (κ1) is 10.8. The van der Waals surface area contributed by atoms with Crippen molar-refractivity contribution in [1.82, 2.24) is 10.3 Å². The molecule has 0 radical (unpaired) electrons. The molecule has 3 heteroatoms. The maximum absolute atomic E-state index is 6.08. The second-order valence-electron chi connectivity index (χ2n) is 4.23. The Morgan fingerprint density at radius 2 is 2.18 bits per heavy atom. The van der Waals surface area contributed by atoms with Crippen LogP contribution in [0.2, 0.25) is 5.02 Å². The Labute approximate surface area is 106 Å². The Bertz CT molecular complexity index is 525. The number of aromatic nitrogens is 1. The van der Waals surface area contributed by atoms with Gasteiger partial charge in [0, 0.05) is 17.8 Å². The molecule has 2 heterocycles. The molecule has 0 fully saturated rings. The summed E-state index contributed by atoms with van der Waals surface area (Å²) in [4.78, 5) is 4.43. The van der Waals surface area contributed by atoms with Crippen molar-refractivity contribution in [2.24, 2.45) is 0 Å². The Balaban J connectivity index is 2.08. The van der Waals surface area contributed by atoms with Crippen LogP contribution in [0.1, 0.15) is 22.9 Å². The molecular weight excluding hydrogens is 232 g/mol. The van der Waals surface area contributed by atoms with Crippen molar-refractivity contribution in [2.45, 2.75) is 12.5 Å². The molecule has 2 aromatic rings. The predicted octanol–water partition coefficient (Wildman–Crippen LogP) is 2.97. The summed E-state index contributed by atoms with van der Waals surface area (Å²) in [5.74, 6) is 0. The lowest BCUT2D eigenvalue weighted by molar-refractivity contribution is 0.557. The van der Waals surface area contributed by atoms with E-state index in [1.54, 1.807) is 0 Å². The van der Waals surface area contributed by atoms with E-state index >= 15 is 0 Å². The quantitative estimate of drug-likeness (QED) is 0.834. The molecule has 86 valence electrons. The molecule has 0 amide bonds. The van der Waals surface area contributed by atoms with E-state index in [1.807, 2.05) is 36.5 Å². The molecule has 1 aromatic heterocycles. The summed E-state index contributed by atoms with van der Waals surface area (Å²) in [7, 11) is 0. The number of pyridine rings is 1. The van der Waals surface area contributed by atoms with Gasteiger partial charge in [0.15, 0.2) is 0 Å². The van der Waals surface area contributed by atoms with Gasteiger partial charge in [0.05, 0.1) is 11.7 Å². The van der Waals surface area contributed by atoms with E-state index in [2.05, 4.69) is 16.4 Å². The maximum Gasteiger partial charge on any atom is 0.0754 e. The third kappa shape index (κ3) is 2.06. The summed E-state index contributed by atoms with van der Waals surface area (Å²) in [5, 5.41) is 4.28. The third-order valence-corrected chi connectivity index (χ3v) is 3.38. The highest BCUT2D eigenvalue weighted by molar-refractivity contribution is 6.30. The van der Waals surface area contributed by atoms with Gasteiger partial charge in [0.2, 0.25) is 0 Å². The topological polar surface area (TPSA) is 24.9 Å². The summed E-state index contributed by atoms with van der Waals surface area (Å²) < 4.78 is 0. The Morgan fingerprint density at radius 3 is 3.00 bits per heavy atom. The van der Waals surface area contributed by atoms with Crippen molar-refractivity contribution in [1.29, 1.82) is 0 Å². The van der Waals surface area contributed by atoms with Gasteiger partial charge in [0.25, 0.3) is 0 Å². The zero-order chi connectivity index (χ0) is 11.7. The molecule has 1 N–H and O–H groups in total. The van der Waals surface area contributed by atoms with Crippen LogP contribution in [0, 0.1) is 0 Å². The Hall–Kier alpha value is -1.38. The van der Waals surface area contributed by atoms with Gasteiger partial charge in [-0.05, 0) is 41.8 Å². The van der Waals surface area contributed by atoms with Crippen LogP contribution >= 0.6 is 11.6 Å². The minimum absolute atomic E-state index is 0.165. The second-order valence-corrected chi connectivity index (χ2v) is 4.67. The van der Waals surface area contributed by atoms with Crippen LogP contribution < -0.4 is 5.32 Å². The molecule has 0 spiro atoms. The van der Waals surface area contributed by atoms with Crippen LogP contribution in [0.15, 0.2) is 42.6 Å². The number of nitrogens with zero attached hydrogens (tertiary/aromatic N) is 1. The van der Waals surface area contributed by atoms with Gasteiger partial charge in [0.1, 0.15) is 0 Å². The minimum atomic E-state index is 0.165. The van der Waals surface area contributed by atoms with E-state index in [0.29, 0.717) is 0 Å². The number of benzene rings is 1. The molecule has 17 heavy (non-hydrogen) atoms. The summed E-state index contributed by atoms with van der Waals surface area (Å²) in [6.45, 7) is 0.982. The highest BCUT2D eigenvalue weighted by Gasteiger charge is 2.22. The highest BCUT2D eigenvalue weighted by atomic mass is 35.5. The first-order valence-corrected chi connectivity index (χ1v) is 6.15. The van der Waals surface area contributed by atoms with E-state index in [-0.39, 0.29) is 6.04 Å². The van der Waals surface area contributed by atoms with Crippen molar-refractivity contribution in [3.8, 4) is 0 Å². The molecule has 0 aliphatic carbocycles. The van der Waals surface area contributed by atoms with Gasteiger partial charge in [-0.3, -0.25) is 4.98 Å². The van der Waals surface area contributed by atoms with E-state index in [4.69, 9.17) is 11.6 Å². The molecule has 2 nitrogen and oxygen atoms in total. The number of hydrogen-bond donors (Lipinski definition) is 1. The highest BCUT2D eigenvalue weighted by Crippen LogP contribution is 2.29. The molecule has 3 rings (SSSR count). The number of halogens is 1. The van der Waals surface area contributed by atoms with E-state index in [1.165, 1.54) is 11.1 Å². The van der Waals surface area contributed by atoms with Gasteiger partial charge in [-0.2, -0.15) is 0 Å². The summed E-state index contributed by atoms with van der Waals surface area (Å²) in [6.07, 6.45) is 2.88. The SMILES string of the molecule is Clc1ccc2c(c1)C(c1ccccn1)NCC2. The van der Waals surface area contributed by atoms with Gasteiger partial charge in [-0.15, -0.1) is 0 Å². The van der Waals surface area contributed by atoms with Gasteiger partial charge < -0.3 is 5.32 Å². The summed E-state index contributed by atoms with van der Waals surface area (Å²) in [5.41, 5.74) is 3.67. The number of fused-ring (bicyclic) bond motifs is 1. The van der Waals surface area contributed by atoms with Gasteiger partial charge >= 0.3 is 0 Å². The normalized spacial score (nSPS) is 18.8. The van der Waals surface area contributed by atoms with Crippen molar-refractivity contribution in [3.63, 3.8) is 0 Å². The monoisotopic (exact) mass is 244 g/mol. The van der Waals surface area contributed by atoms with Crippen molar-refractivity contribution in [2.75, 3.05) is 6.54 Å². The van der Waals surface area contributed by atoms with Crippen molar-refractivity contribution in [3.05, 3.63) is 64.4 Å². The fourth-order valence-corrected chi connectivity index (χ4v) is 2.51. The van der Waals surface area contributed by atoms with Crippen LogP contribution in [0.4, 0.5) is 0 Å². The fraction of sp³-hybridized carbons (Fsp3) is 0.214. The molecule has 1 atom stereocenters. The average Bonchev–Trinajstić information content (AvgIpc) is 2.39. The zero-order valence-corrected chi connectivity index (χ0v) is 10.1. The molecule has 1 aliphatic heterocycles. The van der Waals surface area contributed by atoms with Crippen LogP contribution in [0.3, 0.4) is 0 Å². The standard InChI is InChI=1S/C14H13ClN2/c15-11-5-4-10-6-8-17-14(12(10)9-11)13-3-1-2-7-16-13/h1-5,7,9,14,17H,6,8H2. The number of nitrogens with one attached hydrogen (secondary N) is 1. The molecule has 1 aromatic carbocycles. The Morgan fingerprint density at radius 1 is 1.24 bits per heavy atom.